The van der Waals surface area contributed by atoms with Crippen LogP contribution >= 0.6 is 0 Å². The van der Waals surface area contributed by atoms with Crippen molar-refractivity contribution in [1.82, 2.24) is 4.98 Å². The van der Waals surface area contributed by atoms with Crippen LogP contribution in [-0.2, 0) is 0 Å². The summed E-state index contributed by atoms with van der Waals surface area (Å²) in [5, 5.41) is 3.15. The largest absolute Gasteiger partial charge is 0.464 e. The number of allylic oxidation sites excluding steroid dienone is 5. The Morgan fingerprint density at radius 1 is 0.917 bits per heavy atom. The van der Waals surface area contributed by atoms with Crippen molar-refractivity contribution in [3.8, 4) is 16.9 Å². The second-order valence-electron chi connectivity index (χ2n) is 4.90. The van der Waals surface area contributed by atoms with Gasteiger partial charge in [-0.1, -0.05) is 24.3 Å². The number of pyridine rings is 1. The second-order valence-corrected chi connectivity index (χ2v) is 4.90. The van der Waals surface area contributed by atoms with Gasteiger partial charge in [-0.05, 0) is 48.1 Å². The van der Waals surface area contributed by atoms with Crippen molar-refractivity contribution in [2.75, 3.05) is 5.32 Å². The quantitative estimate of drug-likeness (QED) is 0.765. The summed E-state index contributed by atoms with van der Waals surface area (Å²) in [6, 6.07) is 11.8. The Hall–Kier alpha value is -3.40. The van der Waals surface area contributed by atoms with Gasteiger partial charge in [0, 0.05) is 30.4 Å². The van der Waals surface area contributed by atoms with E-state index in [4.69, 9.17) is 4.74 Å². The number of benzene rings is 1. The van der Waals surface area contributed by atoms with E-state index in [9.17, 15) is 0 Å². The smallest absolute Gasteiger partial charge is 0.134 e. The number of para-hydroxylation sites is 1. The lowest BCUT2D eigenvalue weighted by molar-refractivity contribution is 0.483. The first-order valence-electron chi connectivity index (χ1n) is 7.59. The first kappa shape index (κ1) is 15.5. The predicted octanol–water partition coefficient (Wildman–Crippen LogP) is 4.72. The molecule has 0 saturated carbocycles. The van der Waals surface area contributed by atoms with Crippen LogP contribution in [0.25, 0.3) is 11.1 Å². The Balaban J connectivity index is 1.98. The van der Waals surface area contributed by atoms with E-state index in [1.807, 2.05) is 66.9 Å². The molecule has 0 atom stereocenters. The van der Waals surface area contributed by atoms with Gasteiger partial charge in [0.15, 0.2) is 0 Å². The van der Waals surface area contributed by atoms with Crippen LogP contribution in [0.15, 0.2) is 96.6 Å². The lowest BCUT2D eigenvalue weighted by Gasteiger charge is -2.09. The SMILES string of the molecule is C1=C\Nc2cc(ccn2)-c2ccccc2O/C=C/C=C\N=C/C=C/1. The zero-order valence-electron chi connectivity index (χ0n) is 13.0. The topological polar surface area (TPSA) is 46.5 Å². The van der Waals surface area contributed by atoms with E-state index in [1.165, 1.54) is 0 Å². The zero-order chi connectivity index (χ0) is 16.5. The molecule has 0 fully saturated rings. The maximum absolute atomic E-state index is 5.76. The molecule has 2 aromatic rings. The van der Waals surface area contributed by atoms with Crippen LogP contribution in [0.2, 0.25) is 0 Å². The molecule has 0 aliphatic carbocycles. The average molecular weight is 315 g/mol. The number of aromatic nitrogens is 1. The number of hydrogen-bond donors (Lipinski definition) is 1. The van der Waals surface area contributed by atoms with Crippen LogP contribution in [0.4, 0.5) is 5.82 Å². The maximum Gasteiger partial charge on any atom is 0.134 e. The zero-order valence-corrected chi connectivity index (χ0v) is 13.0. The summed E-state index contributed by atoms with van der Waals surface area (Å²) >= 11 is 0. The van der Waals surface area contributed by atoms with Gasteiger partial charge in [0.2, 0.25) is 0 Å². The lowest BCUT2D eigenvalue weighted by Crippen LogP contribution is -1.92. The van der Waals surface area contributed by atoms with Crippen molar-refractivity contribution in [3.63, 3.8) is 0 Å². The van der Waals surface area contributed by atoms with Crippen LogP contribution in [0.3, 0.4) is 0 Å². The molecule has 1 aromatic heterocycles. The Bertz CT molecular complexity index is 832. The highest BCUT2D eigenvalue weighted by atomic mass is 16.5. The van der Waals surface area contributed by atoms with Crippen molar-refractivity contribution in [1.29, 1.82) is 0 Å². The molecule has 2 heterocycles. The van der Waals surface area contributed by atoms with E-state index in [1.54, 1.807) is 30.9 Å². The van der Waals surface area contributed by atoms with E-state index in [0.29, 0.717) is 0 Å². The van der Waals surface area contributed by atoms with Gasteiger partial charge in [-0.2, -0.15) is 0 Å². The molecule has 4 nitrogen and oxygen atoms in total. The fraction of sp³-hybridized carbons (Fsp3) is 0. The summed E-state index contributed by atoms with van der Waals surface area (Å²) < 4.78 is 5.76. The molecule has 1 aliphatic rings. The molecular formula is C20H17N3O. The molecule has 0 spiro atoms. The number of fused-ring (bicyclic) bond motifs is 4. The standard InChI is InChI=1S/C20H17N3O/c1-4-11-21-12-6-7-15-24-19-9-3-2-8-18(19)17-10-14-23-20(16-17)22-13-5-1/h1-16H,(H,22,23)/b4-1+,12-6-,13-5-,15-7+,21-11-. The van der Waals surface area contributed by atoms with E-state index >= 15 is 0 Å². The van der Waals surface area contributed by atoms with E-state index < -0.39 is 0 Å². The molecular weight excluding hydrogens is 298 g/mol. The Kier molecular flexibility index (Phi) is 5.35. The molecule has 0 amide bonds. The van der Waals surface area contributed by atoms with Crippen LogP contribution < -0.4 is 10.1 Å². The van der Waals surface area contributed by atoms with Crippen LogP contribution in [0.1, 0.15) is 0 Å². The number of hydrogen-bond acceptors (Lipinski definition) is 4. The minimum absolute atomic E-state index is 0.766. The molecule has 1 aliphatic heterocycles. The van der Waals surface area contributed by atoms with Gasteiger partial charge in [0.25, 0.3) is 0 Å². The number of anilines is 1. The third-order valence-electron chi connectivity index (χ3n) is 3.24. The van der Waals surface area contributed by atoms with Crippen molar-refractivity contribution < 1.29 is 4.74 Å². The highest BCUT2D eigenvalue weighted by molar-refractivity contribution is 5.73. The van der Waals surface area contributed by atoms with Crippen LogP contribution in [-0.4, -0.2) is 11.2 Å². The van der Waals surface area contributed by atoms with Crippen molar-refractivity contribution >= 4 is 12.0 Å². The summed E-state index contributed by atoms with van der Waals surface area (Å²) in [5.74, 6) is 1.55. The minimum Gasteiger partial charge on any atom is -0.464 e. The molecule has 1 N–H and O–H groups in total. The molecule has 1 aromatic carbocycles. The number of nitrogens with one attached hydrogen (secondary N) is 1. The minimum atomic E-state index is 0.766. The van der Waals surface area contributed by atoms with Gasteiger partial charge in [0.05, 0.1) is 6.26 Å². The summed E-state index contributed by atoms with van der Waals surface area (Å²) in [6.07, 6.45) is 17.9. The molecule has 3 rings (SSSR count). The summed E-state index contributed by atoms with van der Waals surface area (Å²) in [6.45, 7) is 0. The Morgan fingerprint density at radius 2 is 1.88 bits per heavy atom. The van der Waals surface area contributed by atoms with Crippen molar-refractivity contribution in [3.05, 3.63) is 91.6 Å². The van der Waals surface area contributed by atoms with E-state index in [0.717, 1.165) is 22.7 Å². The van der Waals surface area contributed by atoms with Crippen LogP contribution in [0.5, 0.6) is 5.75 Å². The molecule has 0 radical (unpaired) electrons. The molecule has 4 heteroatoms. The Morgan fingerprint density at radius 3 is 2.88 bits per heavy atom. The van der Waals surface area contributed by atoms with Gasteiger partial charge in [-0.15, -0.1) is 0 Å². The van der Waals surface area contributed by atoms with E-state index in [-0.39, 0.29) is 0 Å². The predicted molar refractivity (Wildman–Crippen MR) is 99.0 cm³/mol. The summed E-state index contributed by atoms with van der Waals surface area (Å²) in [7, 11) is 0. The number of rotatable bonds is 0. The molecule has 0 saturated heterocycles. The first-order valence-corrected chi connectivity index (χ1v) is 7.59. The van der Waals surface area contributed by atoms with Crippen LogP contribution in [0, 0.1) is 0 Å². The van der Waals surface area contributed by atoms with Gasteiger partial charge in [0.1, 0.15) is 11.6 Å². The monoisotopic (exact) mass is 315 g/mol. The van der Waals surface area contributed by atoms with E-state index in [2.05, 4.69) is 15.3 Å². The van der Waals surface area contributed by atoms with Gasteiger partial charge < -0.3 is 10.1 Å². The average Bonchev–Trinajstić information content (AvgIpc) is 2.63. The maximum atomic E-state index is 5.76. The number of nitrogens with zero attached hydrogens (tertiary/aromatic N) is 2. The number of ether oxygens (including phenoxy) is 1. The first-order chi connectivity index (χ1) is 11.9. The third-order valence-corrected chi connectivity index (χ3v) is 3.24. The fourth-order valence-corrected chi connectivity index (χ4v) is 2.14. The molecule has 24 heavy (non-hydrogen) atoms. The summed E-state index contributed by atoms with van der Waals surface area (Å²) in [5.41, 5.74) is 2.03. The second kappa shape index (κ2) is 8.29. The van der Waals surface area contributed by atoms with Crippen molar-refractivity contribution in [2.24, 2.45) is 4.99 Å². The fourth-order valence-electron chi connectivity index (χ4n) is 2.14. The van der Waals surface area contributed by atoms with Gasteiger partial charge in [-0.25, -0.2) is 4.98 Å². The molecule has 0 unspecified atom stereocenters. The van der Waals surface area contributed by atoms with Gasteiger partial charge >= 0.3 is 0 Å². The Labute approximate surface area is 141 Å². The lowest BCUT2D eigenvalue weighted by atomic mass is 10.1. The normalized spacial score (nSPS) is 20.3. The number of aliphatic imine (C=N–C) groups is 1. The van der Waals surface area contributed by atoms with Crippen molar-refractivity contribution in [2.45, 2.75) is 0 Å². The van der Waals surface area contributed by atoms with Gasteiger partial charge in [-0.3, -0.25) is 4.99 Å². The molecule has 118 valence electrons. The highest BCUT2D eigenvalue weighted by Crippen LogP contribution is 2.30. The highest BCUT2D eigenvalue weighted by Gasteiger charge is 2.06. The molecule has 2 bridgehead atoms. The third kappa shape index (κ3) is 4.30. The summed E-state index contributed by atoms with van der Waals surface area (Å²) in [4.78, 5) is 8.44.